The smallest absolute Gasteiger partial charge is 0.501 e. The van der Waals surface area contributed by atoms with Crippen molar-refractivity contribution < 1.29 is 102 Å². The Bertz CT molecular complexity index is 4690. The maximum atomic E-state index is 10.7. The Morgan fingerprint density at radius 2 is 0.898 bits per heavy atom. The molecule has 14 rings (SSSR count). The number of nitrogens with zero attached hydrogens (tertiary/aromatic N) is 4. The predicted molar refractivity (Wildman–Crippen MR) is 338 cm³/mol. The van der Waals surface area contributed by atoms with Crippen molar-refractivity contribution in [1.29, 1.82) is 0 Å². The van der Waals surface area contributed by atoms with E-state index in [1.165, 1.54) is 75.7 Å². The first-order valence-corrected chi connectivity index (χ1v) is 27.2. The second kappa shape index (κ2) is 31.9. The van der Waals surface area contributed by atoms with E-state index in [4.69, 9.17) is 48.5 Å². The Balaban J connectivity index is 0.000000198. The molecule has 11 nitrogen and oxygen atoms in total. The summed E-state index contributed by atoms with van der Waals surface area (Å²) in [5, 5.41) is 23.5. The predicted octanol–water partition coefficient (Wildman–Crippen LogP) is 17.3. The fraction of sp³-hybridized carbons (Fsp3) is 0.0986. The average molecular weight is 1560 g/mol. The van der Waals surface area contributed by atoms with Gasteiger partial charge in [0.25, 0.3) is 0 Å². The number of rotatable bonds is 4. The summed E-state index contributed by atoms with van der Waals surface area (Å²) in [5.74, 6) is 0. The zero-order valence-corrected chi connectivity index (χ0v) is 51.9. The van der Waals surface area contributed by atoms with Crippen LogP contribution in [-0.2, 0) is 50.3 Å². The molecule has 6 heterocycles. The minimum atomic E-state index is -5.84. The zero-order valence-electron chi connectivity index (χ0n) is 58.3. The first-order chi connectivity index (χ1) is 46.4. The van der Waals surface area contributed by atoms with E-state index < -0.39 is 43.0 Å². The molecule has 0 saturated heterocycles. The van der Waals surface area contributed by atoms with Gasteiger partial charge in [0.15, 0.2) is 0 Å². The Labute approximate surface area is 552 Å². The van der Waals surface area contributed by atoms with Crippen LogP contribution in [0.25, 0.3) is 110 Å². The number of hydrogen-bond acceptors (Lipinski definition) is 10. The molecular weight excluding hydrogens is 1490 g/mol. The van der Waals surface area contributed by atoms with Crippen LogP contribution in [0.3, 0.4) is 0 Å². The van der Waals surface area contributed by atoms with Crippen LogP contribution in [-0.4, -0.2) is 62.8 Å². The molecule has 6 aromatic heterocycles. The monoisotopic (exact) mass is 1570 g/mol. The molecule has 0 aliphatic rings. The van der Waals surface area contributed by atoms with Gasteiger partial charge >= 0.3 is 15.6 Å². The second-order valence-electron chi connectivity index (χ2n) is 18.0. The minimum Gasteiger partial charge on any atom is -0.501 e. The maximum absolute atomic E-state index is 10.7. The van der Waals surface area contributed by atoms with Crippen LogP contribution in [0.4, 0.5) is 13.2 Å². The number of aliphatic hydroxyl groups is 2. The Morgan fingerprint density at radius 3 is 1.33 bits per heavy atom. The van der Waals surface area contributed by atoms with E-state index in [9.17, 15) is 13.2 Å². The SMILES string of the molecule is CO.CO.O=S(=O)(O)C(F)(F)F.[2H]C([2H])([2H])c1c[c-]c(-c2ccc(C([2H])([2H])[2H])cn2)cc1.[2H]C([2H])([2H])c1c[c-]c(-c2ccc(C([2H])([2H])[2H])cn2)cc1.[Ir].[Ir].[c-]1ccc2c(oc3ccc4ccccc4c32)c1-c1ccccn1.c1ccc(-c2cccc3c2oc2ccc4ccccc4c23)nc1. The Morgan fingerprint density at radius 1 is 0.455 bits per heavy atom. The molecule has 88 heavy (non-hydrogen) atoms. The first kappa shape index (κ1) is 52.5. The molecule has 0 saturated carbocycles. The van der Waals surface area contributed by atoms with Crippen molar-refractivity contribution in [1.82, 2.24) is 19.9 Å². The van der Waals surface area contributed by atoms with E-state index in [0.29, 0.717) is 22.5 Å². The molecule has 0 bridgehead atoms. The van der Waals surface area contributed by atoms with Gasteiger partial charge in [-0.2, -0.15) is 21.6 Å². The molecule has 14 aromatic rings. The summed E-state index contributed by atoms with van der Waals surface area (Å²) in [7, 11) is -3.84. The number of para-hydroxylation sites is 1. The van der Waals surface area contributed by atoms with E-state index in [0.717, 1.165) is 75.2 Å². The van der Waals surface area contributed by atoms with E-state index in [2.05, 4.69) is 129 Å². The zero-order chi connectivity index (χ0) is 71.4. The van der Waals surface area contributed by atoms with Gasteiger partial charge in [0.2, 0.25) is 0 Å². The van der Waals surface area contributed by atoms with Crippen LogP contribution in [0.5, 0.6) is 0 Å². The topological polar surface area (TPSA) is 173 Å². The summed E-state index contributed by atoms with van der Waals surface area (Å²) in [5.41, 5.74) is 4.87. The van der Waals surface area contributed by atoms with Gasteiger partial charge in [0, 0.05) is 117 Å². The van der Waals surface area contributed by atoms with E-state index in [1.54, 1.807) is 30.5 Å². The molecule has 0 aliphatic carbocycles. The number of alkyl halides is 3. The molecule has 3 N–H and O–H groups in total. The number of benzene rings is 8. The standard InChI is InChI=1S/C21H13NO.C21H12NO.2C13H12N.CHF3O3S.2CH4O.2Ir/c2*1-2-7-15-14(6-1)11-12-19-20(15)17-9-5-8-16(21(17)23-19)18-10-3-4-13-22-18;2*1-10-3-6-12(7-4-10)13-8-5-11(2)9-14-13;2-1(3,4)8(5,6)7;2*1-2;;/h1-13H;1-7,9-13H;2*3-6,8-9H,1-2H3;(H,5,6,7);2*2H,1H3;;/q;3*-1;;;;;/i;;2*1D3,2D3;;;;;. The molecule has 0 unspecified atom stereocenters. The largest absolute Gasteiger partial charge is 0.522 e. The summed E-state index contributed by atoms with van der Waals surface area (Å²) < 4.78 is 157. The van der Waals surface area contributed by atoms with Crippen molar-refractivity contribution in [2.75, 3.05) is 14.2 Å². The van der Waals surface area contributed by atoms with E-state index in [1.807, 2.05) is 54.7 Å². The molecule has 0 aliphatic heterocycles. The fourth-order valence-electron chi connectivity index (χ4n) is 8.78. The van der Waals surface area contributed by atoms with E-state index in [-0.39, 0.29) is 62.5 Å². The minimum absolute atomic E-state index is 0. The molecule has 0 spiro atoms. The number of furan rings is 2. The van der Waals surface area contributed by atoms with Crippen LogP contribution in [0, 0.1) is 45.6 Å². The van der Waals surface area contributed by atoms with Crippen molar-refractivity contribution in [3.63, 3.8) is 0 Å². The number of halogens is 3. The number of aryl methyl sites for hydroxylation is 4. The van der Waals surface area contributed by atoms with Crippen LogP contribution >= 0.6 is 0 Å². The number of aromatic nitrogens is 4. The Hall–Kier alpha value is -8.60. The molecule has 2 radical (unpaired) electrons. The summed E-state index contributed by atoms with van der Waals surface area (Å²) in [6, 6.07) is 71.4. The third-order valence-corrected chi connectivity index (χ3v) is 13.2. The van der Waals surface area contributed by atoms with Gasteiger partial charge in [-0.1, -0.05) is 140 Å². The van der Waals surface area contributed by atoms with Crippen molar-refractivity contribution in [2.24, 2.45) is 0 Å². The molecule has 0 atom stereocenters. The summed E-state index contributed by atoms with van der Waals surface area (Å²) in [4.78, 5) is 17.1. The van der Waals surface area contributed by atoms with Gasteiger partial charge in [-0.25, -0.2) is 0 Å². The normalized spacial score (nSPS) is 13.2. The Kier molecular flexibility index (Phi) is 19.0. The molecule has 8 aromatic carbocycles. The molecular formula is C71H58F3Ir2N4O7S-3. The van der Waals surface area contributed by atoms with Gasteiger partial charge in [0.05, 0.1) is 11.3 Å². The van der Waals surface area contributed by atoms with Crippen LogP contribution < -0.4 is 0 Å². The third-order valence-electron chi connectivity index (χ3n) is 12.6. The summed E-state index contributed by atoms with van der Waals surface area (Å²) >= 11 is 0. The van der Waals surface area contributed by atoms with Gasteiger partial charge in [-0.05, 0) is 99.9 Å². The number of hydrogen-bond donors (Lipinski definition) is 3. The van der Waals surface area contributed by atoms with Crippen molar-refractivity contribution in [3.05, 3.63) is 265 Å². The van der Waals surface area contributed by atoms with Gasteiger partial charge < -0.3 is 34.0 Å². The third kappa shape index (κ3) is 16.7. The van der Waals surface area contributed by atoms with Crippen molar-refractivity contribution in [3.8, 4) is 45.0 Å². The van der Waals surface area contributed by atoms with E-state index >= 15 is 0 Å². The van der Waals surface area contributed by atoms with Gasteiger partial charge in [0.1, 0.15) is 16.7 Å². The first-order valence-electron chi connectivity index (χ1n) is 31.8. The number of fused-ring (bicyclic) bond motifs is 10. The number of aliphatic hydroxyl groups excluding tert-OH is 2. The van der Waals surface area contributed by atoms with Crippen molar-refractivity contribution in [2.45, 2.75) is 32.9 Å². The van der Waals surface area contributed by atoms with Gasteiger partial charge in [-0.3, -0.25) is 9.54 Å². The molecule has 0 amide bonds. The second-order valence-corrected chi connectivity index (χ2v) is 19.4. The fourth-order valence-corrected chi connectivity index (χ4v) is 8.78. The van der Waals surface area contributed by atoms with Crippen LogP contribution in [0.2, 0.25) is 0 Å². The summed E-state index contributed by atoms with van der Waals surface area (Å²) in [6.45, 7) is -8.68. The quantitative estimate of drug-likeness (QED) is 0.0870. The molecule has 0 fully saturated rings. The average Bonchev–Trinajstić information content (AvgIpc) is 1.61. The number of pyridine rings is 4. The maximum Gasteiger partial charge on any atom is 0.522 e. The van der Waals surface area contributed by atoms with Crippen LogP contribution in [0.15, 0.2) is 234 Å². The molecule has 17 heteroatoms. The van der Waals surface area contributed by atoms with Gasteiger partial charge in [-0.15, -0.1) is 89.0 Å². The van der Waals surface area contributed by atoms with Crippen LogP contribution in [0.1, 0.15) is 38.7 Å². The summed E-state index contributed by atoms with van der Waals surface area (Å²) in [6.07, 6.45) is 6.20. The molecule has 452 valence electrons. The van der Waals surface area contributed by atoms with Crippen molar-refractivity contribution >= 4 is 75.5 Å².